The molecule has 0 fully saturated rings. The number of carbonyl (C=O) groups excluding carboxylic acids is 2. The van der Waals surface area contributed by atoms with E-state index in [1.165, 1.54) is 6.08 Å². The normalized spacial score (nSPS) is 10.8. The minimum atomic E-state index is -0.279. The van der Waals surface area contributed by atoms with Crippen LogP contribution in [0.1, 0.15) is 29.3 Å². The van der Waals surface area contributed by atoms with Crippen molar-refractivity contribution < 1.29 is 9.59 Å². The number of para-hydroxylation sites is 1. The number of anilines is 1. The smallest absolute Gasteiger partial charge is 0.251 e. The van der Waals surface area contributed by atoms with Crippen LogP contribution in [0.25, 0.3) is 11.8 Å². The van der Waals surface area contributed by atoms with Crippen molar-refractivity contribution in [1.29, 1.82) is 0 Å². The van der Waals surface area contributed by atoms with Gasteiger partial charge in [-0.25, -0.2) is 4.68 Å². The van der Waals surface area contributed by atoms with Crippen molar-refractivity contribution in [3.05, 3.63) is 84.2 Å². The first kappa shape index (κ1) is 19.1. The van der Waals surface area contributed by atoms with Crippen LogP contribution in [-0.2, 0) is 4.79 Å². The van der Waals surface area contributed by atoms with Gasteiger partial charge in [-0.3, -0.25) is 9.59 Å². The molecule has 0 aliphatic heterocycles. The quantitative estimate of drug-likeness (QED) is 0.620. The lowest BCUT2D eigenvalue weighted by molar-refractivity contribution is -0.111. The molecule has 2 amide bonds. The van der Waals surface area contributed by atoms with Crippen LogP contribution in [0.3, 0.4) is 0 Å². The van der Waals surface area contributed by atoms with Gasteiger partial charge in [0.15, 0.2) is 0 Å². The van der Waals surface area contributed by atoms with Gasteiger partial charge < -0.3 is 10.6 Å². The number of nitrogens with one attached hydrogen (secondary N) is 2. The molecule has 6 heteroatoms. The average Bonchev–Trinajstić information content (AvgIpc) is 3.20. The maximum absolute atomic E-state index is 12.2. The van der Waals surface area contributed by atoms with Gasteiger partial charge in [0.05, 0.1) is 11.9 Å². The first-order valence-electron chi connectivity index (χ1n) is 9.13. The Labute approximate surface area is 163 Å². The monoisotopic (exact) mass is 374 g/mol. The number of benzene rings is 2. The number of amides is 2. The van der Waals surface area contributed by atoms with Gasteiger partial charge >= 0.3 is 0 Å². The summed E-state index contributed by atoms with van der Waals surface area (Å²) in [5, 5.41) is 9.88. The highest BCUT2D eigenvalue weighted by Gasteiger charge is 2.06. The third-order valence-electron chi connectivity index (χ3n) is 3.98. The molecule has 1 aromatic heterocycles. The molecule has 3 rings (SSSR count). The number of carbonyl (C=O) groups is 2. The van der Waals surface area contributed by atoms with Crippen LogP contribution in [0.2, 0.25) is 0 Å². The third-order valence-corrected chi connectivity index (χ3v) is 3.98. The molecule has 0 saturated carbocycles. The molecule has 0 spiro atoms. The molecule has 142 valence electrons. The molecule has 0 aliphatic rings. The summed E-state index contributed by atoms with van der Waals surface area (Å²) in [5.41, 5.74) is 2.84. The van der Waals surface area contributed by atoms with Gasteiger partial charge in [-0.1, -0.05) is 31.2 Å². The largest absolute Gasteiger partial charge is 0.352 e. The maximum Gasteiger partial charge on any atom is 0.251 e. The zero-order valence-corrected chi connectivity index (χ0v) is 15.6. The molecule has 0 atom stereocenters. The molecular formula is C22H22N4O2. The summed E-state index contributed by atoms with van der Waals surface area (Å²) < 4.78 is 1.75. The summed E-state index contributed by atoms with van der Waals surface area (Å²) in [6.45, 7) is 2.61. The van der Waals surface area contributed by atoms with Gasteiger partial charge in [0.2, 0.25) is 5.91 Å². The second kappa shape index (κ2) is 9.32. The first-order valence-corrected chi connectivity index (χ1v) is 9.13. The van der Waals surface area contributed by atoms with Crippen LogP contribution in [0.5, 0.6) is 0 Å². The van der Waals surface area contributed by atoms with Crippen LogP contribution in [0.15, 0.2) is 73.1 Å². The molecule has 1 heterocycles. The van der Waals surface area contributed by atoms with Crippen LogP contribution in [0.4, 0.5) is 5.69 Å². The summed E-state index contributed by atoms with van der Waals surface area (Å²) in [4.78, 5) is 24.2. The predicted octanol–water partition coefficient (Wildman–Crippen LogP) is 3.66. The van der Waals surface area contributed by atoms with E-state index >= 15 is 0 Å². The van der Waals surface area contributed by atoms with Crippen molar-refractivity contribution >= 4 is 23.6 Å². The van der Waals surface area contributed by atoms with Gasteiger partial charge in [0.25, 0.3) is 5.91 Å². The molecule has 28 heavy (non-hydrogen) atoms. The van der Waals surface area contributed by atoms with Gasteiger partial charge in [0, 0.05) is 35.6 Å². The molecule has 0 radical (unpaired) electrons. The van der Waals surface area contributed by atoms with Crippen LogP contribution >= 0.6 is 0 Å². The Bertz CT molecular complexity index is 977. The minimum absolute atomic E-state index is 0.151. The van der Waals surface area contributed by atoms with E-state index in [2.05, 4.69) is 15.7 Å². The number of aromatic nitrogens is 2. The van der Waals surface area contributed by atoms with Gasteiger partial charge in [-0.2, -0.15) is 5.10 Å². The lowest BCUT2D eigenvalue weighted by Crippen LogP contribution is -2.24. The zero-order chi connectivity index (χ0) is 19.8. The fourth-order valence-electron chi connectivity index (χ4n) is 2.58. The minimum Gasteiger partial charge on any atom is -0.352 e. The fourth-order valence-corrected chi connectivity index (χ4v) is 2.58. The summed E-state index contributed by atoms with van der Waals surface area (Å²) in [7, 11) is 0. The highest BCUT2D eigenvalue weighted by molar-refractivity contribution is 6.03. The Morgan fingerprint density at radius 1 is 1.11 bits per heavy atom. The highest BCUT2D eigenvalue weighted by atomic mass is 16.2. The molecule has 2 aromatic carbocycles. The maximum atomic E-state index is 12.2. The second-order valence-corrected chi connectivity index (χ2v) is 6.21. The molecule has 0 unspecified atom stereocenters. The standard InChI is InChI=1S/C22H22N4O2/c1-2-13-23-22(28)18-7-6-8-19(14-18)25-21(27)12-11-17-15-24-26(16-17)20-9-4-3-5-10-20/h3-12,14-16H,2,13H2,1H3,(H,23,28)(H,25,27)/b12-11+. The average molecular weight is 374 g/mol. The number of hydrogen-bond donors (Lipinski definition) is 2. The summed E-state index contributed by atoms with van der Waals surface area (Å²) >= 11 is 0. The summed E-state index contributed by atoms with van der Waals surface area (Å²) in [6.07, 6.45) is 7.54. The molecule has 0 saturated heterocycles. The second-order valence-electron chi connectivity index (χ2n) is 6.21. The van der Waals surface area contributed by atoms with E-state index in [1.807, 2.05) is 43.5 Å². The van der Waals surface area contributed by atoms with Crippen molar-refractivity contribution in [3.63, 3.8) is 0 Å². The molecule has 3 aromatic rings. The molecule has 0 bridgehead atoms. The van der Waals surface area contributed by atoms with Crippen molar-refractivity contribution in [1.82, 2.24) is 15.1 Å². The van der Waals surface area contributed by atoms with Gasteiger partial charge in [-0.05, 0) is 42.8 Å². The number of nitrogens with zero attached hydrogens (tertiary/aromatic N) is 2. The molecule has 0 aliphatic carbocycles. The number of rotatable bonds is 7. The van der Waals surface area contributed by atoms with Crippen molar-refractivity contribution in [2.45, 2.75) is 13.3 Å². The topological polar surface area (TPSA) is 76.0 Å². The van der Waals surface area contributed by atoms with E-state index in [-0.39, 0.29) is 11.8 Å². The van der Waals surface area contributed by atoms with Crippen LogP contribution < -0.4 is 10.6 Å². The predicted molar refractivity (Wildman–Crippen MR) is 110 cm³/mol. The third kappa shape index (κ3) is 5.17. The SMILES string of the molecule is CCCNC(=O)c1cccc(NC(=O)/C=C/c2cnn(-c3ccccc3)c2)c1. The first-order chi connectivity index (χ1) is 13.7. The molecule has 2 N–H and O–H groups in total. The lowest BCUT2D eigenvalue weighted by Gasteiger charge is -2.06. The van der Waals surface area contributed by atoms with E-state index in [9.17, 15) is 9.59 Å². The van der Waals surface area contributed by atoms with E-state index in [4.69, 9.17) is 0 Å². The summed E-state index contributed by atoms with van der Waals surface area (Å²) in [6, 6.07) is 16.6. The van der Waals surface area contributed by atoms with E-state index in [1.54, 1.807) is 41.2 Å². The zero-order valence-electron chi connectivity index (χ0n) is 15.6. The highest BCUT2D eigenvalue weighted by Crippen LogP contribution is 2.12. The Hall–Kier alpha value is -3.67. The Morgan fingerprint density at radius 2 is 1.93 bits per heavy atom. The lowest BCUT2D eigenvalue weighted by atomic mass is 10.2. The van der Waals surface area contributed by atoms with Gasteiger partial charge in [-0.15, -0.1) is 0 Å². The van der Waals surface area contributed by atoms with Crippen molar-refractivity contribution in [2.24, 2.45) is 0 Å². The van der Waals surface area contributed by atoms with Crippen LogP contribution in [0, 0.1) is 0 Å². The van der Waals surface area contributed by atoms with Crippen LogP contribution in [-0.4, -0.2) is 28.1 Å². The van der Waals surface area contributed by atoms with E-state index < -0.39 is 0 Å². The number of hydrogen-bond acceptors (Lipinski definition) is 3. The van der Waals surface area contributed by atoms with E-state index in [0.29, 0.717) is 17.8 Å². The fraction of sp³-hybridized carbons (Fsp3) is 0.136. The van der Waals surface area contributed by atoms with E-state index in [0.717, 1.165) is 17.7 Å². The van der Waals surface area contributed by atoms with Gasteiger partial charge in [0.1, 0.15) is 0 Å². The Morgan fingerprint density at radius 3 is 2.71 bits per heavy atom. The summed E-state index contributed by atoms with van der Waals surface area (Å²) in [5.74, 6) is -0.430. The van der Waals surface area contributed by atoms with Crippen molar-refractivity contribution in [3.8, 4) is 5.69 Å². The molecular weight excluding hydrogens is 352 g/mol. The molecule has 6 nitrogen and oxygen atoms in total. The Balaban J connectivity index is 1.61. The Kier molecular flexibility index (Phi) is 6.36. The van der Waals surface area contributed by atoms with Crippen molar-refractivity contribution in [2.75, 3.05) is 11.9 Å².